The summed E-state index contributed by atoms with van der Waals surface area (Å²) < 4.78 is 23.0. The van der Waals surface area contributed by atoms with Crippen molar-refractivity contribution in [2.75, 3.05) is 7.05 Å². The number of nitrogens with zero attached hydrogens (tertiary/aromatic N) is 1. The number of rotatable bonds is 5. The average molecular weight is 368 g/mol. The topological polar surface area (TPSA) is 118 Å². The molecular formula is C17H24N2O5S. The van der Waals surface area contributed by atoms with Gasteiger partial charge in [0.2, 0.25) is 15.9 Å². The van der Waals surface area contributed by atoms with Crippen LogP contribution in [0.3, 0.4) is 0 Å². The minimum atomic E-state index is -3.81. The Kier molecular flexibility index (Phi) is 5.84. The Labute approximate surface area is 147 Å². The number of sulfonamides is 1. The third-order valence-electron chi connectivity index (χ3n) is 4.97. The maximum atomic E-state index is 12.8. The summed E-state index contributed by atoms with van der Waals surface area (Å²) in [5, 5.41) is 14.3. The molecule has 1 aliphatic rings. The van der Waals surface area contributed by atoms with Crippen molar-refractivity contribution in [1.29, 1.82) is 0 Å². The largest absolute Gasteiger partial charge is 0.481 e. The van der Waals surface area contributed by atoms with E-state index in [2.05, 4.69) is 0 Å². The van der Waals surface area contributed by atoms with Crippen LogP contribution in [0.5, 0.6) is 0 Å². The number of nitrogens with two attached hydrogens (primary N) is 1. The van der Waals surface area contributed by atoms with Crippen LogP contribution in [0.4, 0.5) is 0 Å². The number of hydrogen-bond acceptors (Lipinski definition) is 4. The van der Waals surface area contributed by atoms with Crippen LogP contribution in [0.2, 0.25) is 0 Å². The van der Waals surface area contributed by atoms with Gasteiger partial charge in [0.05, 0.1) is 16.9 Å². The normalized spacial score (nSPS) is 22.2. The van der Waals surface area contributed by atoms with Crippen LogP contribution >= 0.6 is 0 Å². The molecule has 0 heterocycles. The average Bonchev–Trinajstić information content (AvgIpc) is 2.59. The van der Waals surface area contributed by atoms with Gasteiger partial charge in [-0.05, 0) is 43.9 Å². The molecule has 1 fully saturated rings. The first-order valence-electron chi connectivity index (χ1n) is 8.23. The molecule has 3 atom stereocenters. The van der Waals surface area contributed by atoms with E-state index in [9.17, 15) is 23.1 Å². The van der Waals surface area contributed by atoms with Crippen molar-refractivity contribution in [3.63, 3.8) is 0 Å². The summed E-state index contributed by atoms with van der Waals surface area (Å²) in [4.78, 5) is 25.5. The van der Waals surface area contributed by atoms with E-state index in [0.29, 0.717) is 24.8 Å². The molecule has 0 spiro atoms. The molecular weight excluding hydrogens is 344 g/mol. The molecule has 7 nitrogen and oxygen atoms in total. The Bertz CT molecular complexity index is 762. The van der Waals surface area contributed by atoms with Gasteiger partial charge < -0.3 is 10.0 Å². The van der Waals surface area contributed by atoms with E-state index in [4.69, 9.17) is 5.14 Å². The summed E-state index contributed by atoms with van der Waals surface area (Å²) in [6.45, 7) is 1.80. The lowest BCUT2D eigenvalue weighted by molar-refractivity contribution is -0.145. The molecule has 1 aromatic rings. The lowest BCUT2D eigenvalue weighted by atomic mass is 9.80. The zero-order chi connectivity index (χ0) is 18.8. The highest BCUT2D eigenvalue weighted by molar-refractivity contribution is 7.89. The highest BCUT2D eigenvalue weighted by Crippen LogP contribution is 2.32. The minimum absolute atomic E-state index is 0.00121. The van der Waals surface area contributed by atoms with Crippen LogP contribution in [0.25, 0.3) is 0 Å². The number of benzene rings is 1. The van der Waals surface area contributed by atoms with Crippen LogP contribution in [-0.2, 0) is 19.6 Å². The van der Waals surface area contributed by atoms with Crippen molar-refractivity contribution in [3.05, 3.63) is 29.8 Å². The molecule has 0 aromatic heterocycles. The van der Waals surface area contributed by atoms with E-state index < -0.39 is 21.9 Å². The SMILES string of the molecule is CC(c1cccc(S(N)(=O)=O)c1)N(C)C(=O)C1CCCC(C(=O)O)C1. The van der Waals surface area contributed by atoms with Gasteiger partial charge in [-0.2, -0.15) is 0 Å². The predicted octanol–water partition coefficient (Wildman–Crippen LogP) is 1.74. The molecule has 138 valence electrons. The Hall–Kier alpha value is -1.93. The smallest absolute Gasteiger partial charge is 0.306 e. The maximum Gasteiger partial charge on any atom is 0.306 e. The first-order valence-corrected chi connectivity index (χ1v) is 9.78. The van der Waals surface area contributed by atoms with Gasteiger partial charge >= 0.3 is 5.97 Å². The van der Waals surface area contributed by atoms with E-state index in [-0.39, 0.29) is 22.8 Å². The summed E-state index contributed by atoms with van der Waals surface area (Å²) in [6.07, 6.45) is 2.35. The first-order chi connectivity index (χ1) is 11.6. The molecule has 1 aromatic carbocycles. The number of carboxylic acid groups (broad SMARTS) is 1. The van der Waals surface area contributed by atoms with Crippen molar-refractivity contribution >= 4 is 21.9 Å². The summed E-state index contributed by atoms with van der Waals surface area (Å²) in [5.41, 5.74) is 0.660. The van der Waals surface area contributed by atoms with Crippen LogP contribution < -0.4 is 5.14 Å². The molecule has 0 saturated heterocycles. The summed E-state index contributed by atoms with van der Waals surface area (Å²) in [6, 6.07) is 5.85. The second kappa shape index (κ2) is 7.53. The Balaban J connectivity index is 2.15. The Morgan fingerprint density at radius 2 is 1.92 bits per heavy atom. The zero-order valence-electron chi connectivity index (χ0n) is 14.4. The molecule has 1 aliphatic carbocycles. The fourth-order valence-electron chi connectivity index (χ4n) is 3.29. The molecule has 0 aliphatic heterocycles. The Morgan fingerprint density at radius 3 is 2.52 bits per heavy atom. The van der Waals surface area contributed by atoms with E-state index in [1.807, 2.05) is 0 Å². The Morgan fingerprint density at radius 1 is 1.28 bits per heavy atom. The standard InChI is InChI=1S/C17H24N2O5S/c1-11(12-5-4-8-15(10-12)25(18,23)24)19(2)16(20)13-6-3-7-14(9-13)17(21)22/h4-5,8,10-11,13-14H,3,6-7,9H2,1-2H3,(H,21,22)(H2,18,23,24). The van der Waals surface area contributed by atoms with Gasteiger partial charge in [-0.25, -0.2) is 13.6 Å². The summed E-state index contributed by atoms with van der Waals surface area (Å²) in [5.74, 6) is -1.76. The van der Waals surface area contributed by atoms with Gasteiger partial charge in [0.15, 0.2) is 0 Å². The van der Waals surface area contributed by atoms with Crippen molar-refractivity contribution in [2.45, 2.75) is 43.5 Å². The van der Waals surface area contributed by atoms with E-state index >= 15 is 0 Å². The molecule has 8 heteroatoms. The minimum Gasteiger partial charge on any atom is -0.481 e. The fraction of sp³-hybridized carbons (Fsp3) is 0.529. The van der Waals surface area contributed by atoms with Gasteiger partial charge in [-0.1, -0.05) is 18.6 Å². The molecule has 25 heavy (non-hydrogen) atoms. The zero-order valence-corrected chi connectivity index (χ0v) is 15.2. The number of carbonyl (C=O) groups is 2. The van der Waals surface area contributed by atoms with Crippen molar-refractivity contribution < 1.29 is 23.1 Å². The van der Waals surface area contributed by atoms with Crippen molar-refractivity contribution in [2.24, 2.45) is 17.0 Å². The van der Waals surface area contributed by atoms with Gasteiger partial charge in [-0.3, -0.25) is 9.59 Å². The van der Waals surface area contributed by atoms with E-state index in [1.165, 1.54) is 12.1 Å². The number of hydrogen-bond donors (Lipinski definition) is 2. The summed E-state index contributed by atoms with van der Waals surface area (Å²) >= 11 is 0. The second-order valence-electron chi connectivity index (χ2n) is 6.64. The van der Waals surface area contributed by atoms with Crippen molar-refractivity contribution in [3.8, 4) is 0 Å². The van der Waals surface area contributed by atoms with Crippen LogP contribution in [0, 0.1) is 11.8 Å². The molecule has 1 saturated carbocycles. The monoisotopic (exact) mass is 368 g/mol. The third kappa shape index (κ3) is 4.58. The number of amides is 1. The second-order valence-corrected chi connectivity index (χ2v) is 8.20. The molecule has 0 radical (unpaired) electrons. The first kappa shape index (κ1) is 19.4. The van der Waals surface area contributed by atoms with E-state index in [1.54, 1.807) is 31.0 Å². The lowest BCUT2D eigenvalue weighted by Gasteiger charge is -2.32. The van der Waals surface area contributed by atoms with Crippen LogP contribution in [0.15, 0.2) is 29.2 Å². The van der Waals surface area contributed by atoms with Gasteiger partial charge in [0, 0.05) is 13.0 Å². The molecule has 3 N–H and O–H groups in total. The lowest BCUT2D eigenvalue weighted by Crippen LogP contribution is -2.38. The number of carbonyl (C=O) groups excluding carboxylic acids is 1. The van der Waals surface area contributed by atoms with Crippen LogP contribution in [-0.4, -0.2) is 37.3 Å². The molecule has 0 bridgehead atoms. The predicted molar refractivity (Wildman–Crippen MR) is 92.1 cm³/mol. The maximum absolute atomic E-state index is 12.8. The van der Waals surface area contributed by atoms with Crippen LogP contribution in [0.1, 0.15) is 44.2 Å². The van der Waals surface area contributed by atoms with Gasteiger partial charge in [-0.15, -0.1) is 0 Å². The highest BCUT2D eigenvalue weighted by Gasteiger charge is 2.33. The number of primary sulfonamides is 1. The van der Waals surface area contributed by atoms with Crippen molar-refractivity contribution in [1.82, 2.24) is 4.90 Å². The molecule has 1 amide bonds. The quantitative estimate of drug-likeness (QED) is 0.821. The highest BCUT2D eigenvalue weighted by atomic mass is 32.2. The number of carboxylic acids is 1. The third-order valence-corrected chi connectivity index (χ3v) is 5.88. The molecule has 3 unspecified atom stereocenters. The van der Waals surface area contributed by atoms with Gasteiger partial charge in [0.1, 0.15) is 0 Å². The number of aliphatic carboxylic acids is 1. The van der Waals surface area contributed by atoms with Gasteiger partial charge in [0.25, 0.3) is 0 Å². The van der Waals surface area contributed by atoms with E-state index in [0.717, 1.165) is 6.42 Å². The fourth-order valence-corrected chi connectivity index (χ4v) is 3.86. The summed E-state index contributed by atoms with van der Waals surface area (Å²) in [7, 11) is -2.16. The molecule has 2 rings (SSSR count).